The van der Waals surface area contributed by atoms with Crippen molar-refractivity contribution in [3.8, 4) is 16.8 Å². The molecule has 1 amide bonds. The molecule has 5 aromatic rings. The van der Waals surface area contributed by atoms with Gasteiger partial charge in [-0.25, -0.2) is 14.2 Å². The second-order valence-electron chi connectivity index (χ2n) is 8.81. The highest BCUT2D eigenvalue weighted by molar-refractivity contribution is 6.39. The van der Waals surface area contributed by atoms with Crippen LogP contribution >= 0.6 is 23.2 Å². The fourth-order valence-corrected chi connectivity index (χ4v) is 4.88. The molecule has 2 aromatic heterocycles. The number of aliphatic carboxylic acids is 1. The summed E-state index contributed by atoms with van der Waals surface area (Å²) in [4.78, 5) is 37.9. The van der Waals surface area contributed by atoms with Crippen molar-refractivity contribution in [2.45, 2.75) is 12.5 Å². The van der Waals surface area contributed by atoms with Gasteiger partial charge < -0.3 is 10.4 Å². The molecular formula is C28H21Cl2N5O4. The molecule has 2 heterocycles. The third kappa shape index (κ3) is 5.14. The lowest BCUT2D eigenvalue weighted by atomic mass is 10.0. The molecule has 0 fully saturated rings. The first-order chi connectivity index (χ1) is 18.7. The van der Waals surface area contributed by atoms with Crippen LogP contribution in [0.4, 0.5) is 0 Å². The van der Waals surface area contributed by atoms with Crippen molar-refractivity contribution in [3.63, 3.8) is 0 Å². The number of carboxylic acid groups (broad SMARTS) is 1. The van der Waals surface area contributed by atoms with E-state index >= 15 is 0 Å². The van der Waals surface area contributed by atoms with E-state index in [1.807, 2.05) is 24.3 Å². The van der Waals surface area contributed by atoms with Crippen LogP contribution in [0, 0.1) is 0 Å². The highest BCUT2D eigenvalue weighted by Gasteiger charge is 2.24. The lowest BCUT2D eigenvalue weighted by Gasteiger charge is -2.16. The fourth-order valence-electron chi connectivity index (χ4n) is 4.31. The predicted octanol–water partition coefficient (Wildman–Crippen LogP) is 4.52. The molecule has 0 bridgehead atoms. The van der Waals surface area contributed by atoms with Crippen LogP contribution in [0.25, 0.3) is 27.7 Å². The number of carbonyl (C=O) groups is 2. The fraction of sp³-hybridized carbons (Fsp3) is 0.107. The number of fused-ring (bicyclic) bond motifs is 1. The average molecular weight is 562 g/mol. The molecule has 5 rings (SSSR count). The Morgan fingerprint density at radius 1 is 0.949 bits per heavy atom. The summed E-state index contributed by atoms with van der Waals surface area (Å²) in [6.45, 7) is 0. The van der Waals surface area contributed by atoms with Gasteiger partial charge in [0.2, 0.25) is 0 Å². The minimum atomic E-state index is -1.24. The molecular weight excluding hydrogens is 541 g/mol. The molecule has 3 aromatic carbocycles. The molecule has 0 saturated carbocycles. The number of carboxylic acids is 1. The van der Waals surface area contributed by atoms with Gasteiger partial charge >= 0.3 is 5.97 Å². The Morgan fingerprint density at radius 2 is 1.64 bits per heavy atom. The first-order valence-electron chi connectivity index (χ1n) is 11.8. The zero-order valence-electron chi connectivity index (χ0n) is 20.5. The van der Waals surface area contributed by atoms with Crippen molar-refractivity contribution >= 4 is 46.0 Å². The molecule has 0 saturated heterocycles. The maximum Gasteiger partial charge on any atom is 0.326 e. The number of aromatic nitrogens is 4. The van der Waals surface area contributed by atoms with E-state index in [0.29, 0.717) is 22.4 Å². The van der Waals surface area contributed by atoms with Crippen molar-refractivity contribution in [2.75, 3.05) is 0 Å². The summed E-state index contributed by atoms with van der Waals surface area (Å²) in [7, 11) is 1.57. The molecule has 11 heteroatoms. The van der Waals surface area contributed by atoms with E-state index < -0.39 is 17.9 Å². The van der Waals surface area contributed by atoms with Gasteiger partial charge in [-0.3, -0.25) is 9.59 Å². The number of carbonyl (C=O) groups excluding carboxylic acids is 1. The first-order valence-corrected chi connectivity index (χ1v) is 12.6. The number of halogens is 2. The zero-order chi connectivity index (χ0) is 27.7. The molecule has 2 N–H and O–H groups in total. The largest absolute Gasteiger partial charge is 0.480 e. The number of aryl methyl sites for hydroxylation is 1. The number of hydrogen-bond donors (Lipinski definition) is 2. The SMILES string of the molecule is Cn1ncc(-n2ncc3ccccc32)c(-c2ccc(C[C@H](NC(=O)c3c(Cl)cccc3Cl)C(=O)O)cc2)c1=O. The van der Waals surface area contributed by atoms with E-state index in [1.165, 1.54) is 16.8 Å². The topological polar surface area (TPSA) is 119 Å². The van der Waals surface area contributed by atoms with Gasteiger partial charge in [0.15, 0.2) is 0 Å². The predicted molar refractivity (Wildman–Crippen MR) is 149 cm³/mol. The Hall–Kier alpha value is -4.47. The van der Waals surface area contributed by atoms with E-state index in [4.69, 9.17) is 23.2 Å². The Morgan fingerprint density at radius 3 is 2.33 bits per heavy atom. The van der Waals surface area contributed by atoms with Crippen LogP contribution in [0.1, 0.15) is 15.9 Å². The number of amides is 1. The number of benzene rings is 3. The van der Waals surface area contributed by atoms with Gasteiger partial charge in [-0.2, -0.15) is 10.2 Å². The summed E-state index contributed by atoms with van der Waals surface area (Å²) in [6, 6.07) is 17.9. The Labute approximate surface area is 232 Å². The van der Waals surface area contributed by atoms with E-state index in [1.54, 1.807) is 54.5 Å². The van der Waals surface area contributed by atoms with Crippen molar-refractivity contribution in [1.29, 1.82) is 0 Å². The highest BCUT2D eigenvalue weighted by Crippen LogP contribution is 2.27. The van der Waals surface area contributed by atoms with Crippen LogP contribution in [0.2, 0.25) is 10.0 Å². The minimum Gasteiger partial charge on any atom is -0.480 e. The molecule has 39 heavy (non-hydrogen) atoms. The molecule has 0 aliphatic rings. The lowest BCUT2D eigenvalue weighted by molar-refractivity contribution is -0.139. The summed E-state index contributed by atoms with van der Waals surface area (Å²) >= 11 is 12.2. The van der Waals surface area contributed by atoms with Crippen LogP contribution in [0.3, 0.4) is 0 Å². The number of nitrogens with zero attached hydrogens (tertiary/aromatic N) is 4. The Balaban J connectivity index is 1.45. The molecule has 196 valence electrons. The highest BCUT2D eigenvalue weighted by atomic mass is 35.5. The van der Waals surface area contributed by atoms with Gasteiger partial charge in [0.1, 0.15) is 6.04 Å². The maximum absolute atomic E-state index is 13.2. The summed E-state index contributed by atoms with van der Waals surface area (Å²) in [5.41, 5.74) is 2.67. The van der Waals surface area contributed by atoms with E-state index in [0.717, 1.165) is 10.9 Å². The molecule has 0 radical (unpaired) electrons. The molecule has 0 unspecified atom stereocenters. The second-order valence-corrected chi connectivity index (χ2v) is 9.63. The molecule has 0 aliphatic heterocycles. The number of nitrogens with one attached hydrogen (secondary N) is 1. The Bertz CT molecular complexity index is 1760. The van der Waals surface area contributed by atoms with Crippen LogP contribution in [0.5, 0.6) is 0 Å². The monoisotopic (exact) mass is 561 g/mol. The van der Waals surface area contributed by atoms with Gasteiger partial charge in [-0.15, -0.1) is 0 Å². The summed E-state index contributed by atoms with van der Waals surface area (Å²) < 4.78 is 2.91. The summed E-state index contributed by atoms with van der Waals surface area (Å²) in [6.07, 6.45) is 3.30. The quantitative estimate of drug-likeness (QED) is 0.301. The van der Waals surface area contributed by atoms with Crippen LogP contribution in [-0.2, 0) is 18.3 Å². The molecule has 0 aliphatic carbocycles. The third-order valence-electron chi connectivity index (χ3n) is 6.30. The smallest absolute Gasteiger partial charge is 0.326 e. The number of hydrogen-bond acceptors (Lipinski definition) is 5. The van der Waals surface area contributed by atoms with Gasteiger partial charge in [0.25, 0.3) is 11.5 Å². The van der Waals surface area contributed by atoms with Gasteiger partial charge in [-0.05, 0) is 29.3 Å². The van der Waals surface area contributed by atoms with E-state index in [9.17, 15) is 19.5 Å². The molecule has 9 nitrogen and oxygen atoms in total. The first kappa shape index (κ1) is 26.1. The summed E-state index contributed by atoms with van der Waals surface area (Å²) in [5.74, 6) is -1.91. The van der Waals surface area contributed by atoms with Crippen LogP contribution in [-0.4, -0.2) is 42.6 Å². The van der Waals surface area contributed by atoms with Crippen LogP contribution < -0.4 is 10.9 Å². The van der Waals surface area contributed by atoms with E-state index in [-0.39, 0.29) is 27.6 Å². The Kier molecular flexibility index (Phi) is 7.19. The second kappa shape index (κ2) is 10.7. The molecule has 1 atom stereocenters. The summed E-state index contributed by atoms with van der Waals surface area (Å²) in [5, 5.41) is 22.1. The minimum absolute atomic E-state index is 0.00552. The van der Waals surface area contributed by atoms with Crippen molar-refractivity contribution in [3.05, 3.63) is 111 Å². The van der Waals surface area contributed by atoms with Gasteiger partial charge in [0.05, 0.1) is 44.8 Å². The third-order valence-corrected chi connectivity index (χ3v) is 6.93. The van der Waals surface area contributed by atoms with Crippen molar-refractivity contribution in [1.82, 2.24) is 24.9 Å². The standard InChI is InChI=1S/C28H21Cl2N5O4/c1-34-27(37)24(23(15-31-34)35-22-8-3-2-5-18(22)14-32-35)17-11-9-16(10-12-17)13-21(28(38)39)33-26(36)25-19(29)6-4-7-20(25)30/h2-12,14-15,21H,13H2,1H3,(H,33,36)(H,38,39)/t21-/m0/s1. The van der Waals surface area contributed by atoms with E-state index in [2.05, 4.69) is 15.5 Å². The van der Waals surface area contributed by atoms with Gasteiger partial charge in [-0.1, -0.05) is 71.7 Å². The maximum atomic E-state index is 13.2. The molecule has 0 spiro atoms. The van der Waals surface area contributed by atoms with Gasteiger partial charge in [0, 0.05) is 18.9 Å². The van der Waals surface area contributed by atoms with Crippen molar-refractivity contribution in [2.24, 2.45) is 7.05 Å². The lowest BCUT2D eigenvalue weighted by Crippen LogP contribution is -2.42. The van der Waals surface area contributed by atoms with Crippen molar-refractivity contribution < 1.29 is 14.7 Å². The average Bonchev–Trinajstić information content (AvgIpc) is 3.34. The zero-order valence-corrected chi connectivity index (χ0v) is 22.0. The normalized spacial score (nSPS) is 11.9. The number of rotatable bonds is 7. The number of para-hydroxylation sites is 1. The van der Waals surface area contributed by atoms with Crippen LogP contribution in [0.15, 0.2) is 83.9 Å².